The lowest BCUT2D eigenvalue weighted by Crippen LogP contribution is -2.51. The highest BCUT2D eigenvalue weighted by atomic mass is 19.3. The van der Waals surface area contributed by atoms with E-state index in [-0.39, 0.29) is 30.8 Å². The fourth-order valence-electron chi connectivity index (χ4n) is 8.75. The van der Waals surface area contributed by atoms with Gasteiger partial charge in [-0.25, -0.2) is 19.6 Å². The molecule has 8 rings (SSSR count). The molecule has 0 spiro atoms. The van der Waals surface area contributed by atoms with Crippen molar-refractivity contribution < 1.29 is 42.2 Å². The Bertz CT molecular complexity index is 2650. The molecule has 5 atom stereocenters. The number of H-pyrrole nitrogens is 2. The number of hydrogen-bond donors (Lipinski definition) is 4. The maximum absolute atomic E-state index is 14.0. The Morgan fingerprint density at radius 1 is 0.708 bits per heavy atom. The molecule has 2 aromatic heterocycles. The molecule has 0 saturated carbocycles. The number of fused-ring (bicyclic) bond motifs is 1. The zero-order valence-electron chi connectivity index (χ0n) is 36.3. The van der Waals surface area contributed by atoms with Crippen LogP contribution in [0.15, 0.2) is 103 Å². The average molecular weight is 889 g/mol. The molecular weight excluding hydrogens is 839 g/mol. The first-order valence-corrected chi connectivity index (χ1v) is 21.4. The fourth-order valence-corrected chi connectivity index (χ4v) is 8.75. The number of benzene rings is 4. The standard InChI is InChI=1S/C48H50F2N8O7/c1-27(2)40(55-47(61)63-3)44(59)58-26-35(65-46(49)50)23-39(58)43-52-24-36(53-43)29-14-12-28(13-15-29)31-16-17-33-22-34(19-18-32(33)21-31)37-25-51-42(54-37)38-11-8-20-57(38)45(60)41(56-48(62)64-4)30-9-6-5-7-10-30/h5-7,9-10,12-19,21-22,24-25,27,35,38-41,46H,8,11,20,23,26H2,1-4H3,(H,51,54)(H,52,53)(H,55,61)(H,56,62)/t35-,38-,39-,40-,41?/m0/s1. The Morgan fingerprint density at radius 3 is 1.94 bits per heavy atom. The molecule has 0 bridgehead atoms. The van der Waals surface area contributed by atoms with Crippen LogP contribution in [0, 0.1) is 5.92 Å². The molecule has 4 aromatic carbocycles. The minimum absolute atomic E-state index is 0.0909. The second kappa shape index (κ2) is 19.3. The highest BCUT2D eigenvalue weighted by Gasteiger charge is 2.43. The zero-order chi connectivity index (χ0) is 45.8. The van der Waals surface area contributed by atoms with Crippen molar-refractivity contribution >= 4 is 34.8 Å². The number of likely N-dealkylation sites (tertiary alicyclic amines) is 2. The summed E-state index contributed by atoms with van der Waals surface area (Å²) >= 11 is 0. The Hall–Kier alpha value is -7.14. The van der Waals surface area contributed by atoms with E-state index in [9.17, 15) is 28.0 Å². The first kappa shape index (κ1) is 44.5. The van der Waals surface area contributed by atoms with E-state index in [0.717, 1.165) is 51.6 Å². The van der Waals surface area contributed by atoms with Crippen molar-refractivity contribution in [3.05, 3.63) is 121 Å². The Kier molecular flexibility index (Phi) is 13.2. The number of carbonyl (C=O) groups is 4. The van der Waals surface area contributed by atoms with Gasteiger partial charge >= 0.3 is 18.8 Å². The molecule has 4 N–H and O–H groups in total. The third-order valence-electron chi connectivity index (χ3n) is 12.1. The summed E-state index contributed by atoms with van der Waals surface area (Å²) in [6.45, 7) is 0.962. The number of aromatic amines is 2. The second-order valence-electron chi connectivity index (χ2n) is 16.5. The number of aromatic nitrogens is 4. The fraction of sp³-hybridized carbons (Fsp3) is 0.333. The summed E-state index contributed by atoms with van der Waals surface area (Å²) < 4.78 is 41.0. The number of imidazole rings is 2. The molecule has 0 aliphatic carbocycles. The largest absolute Gasteiger partial charge is 0.453 e. The summed E-state index contributed by atoms with van der Waals surface area (Å²) in [5, 5.41) is 7.34. The van der Waals surface area contributed by atoms with Crippen LogP contribution in [0.4, 0.5) is 18.4 Å². The topological polar surface area (TPSA) is 184 Å². The number of nitrogens with one attached hydrogen (secondary N) is 4. The number of methoxy groups -OCH3 is 2. The summed E-state index contributed by atoms with van der Waals surface area (Å²) in [5.74, 6) is 0.0919. The number of alkyl carbamates (subject to hydrolysis) is 2. The molecule has 1 unspecified atom stereocenters. The van der Waals surface area contributed by atoms with Gasteiger partial charge < -0.3 is 44.6 Å². The van der Waals surface area contributed by atoms with Gasteiger partial charge in [0.05, 0.1) is 56.2 Å². The summed E-state index contributed by atoms with van der Waals surface area (Å²) in [4.78, 5) is 71.3. The molecule has 2 fully saturated rings. The number of carbonyl (C=O) groups excluding carboxylic acids is 4. The van der Waals surface area contributed by atoms with E-state index < -0.39 is 48.9 Å². The van der Waals surface area contributed by atoms with Crippen molar-refractivity contribution in [1.82, 2.24) is 40.4 Å². The van der Waals surface area contributed by atoms with Crippen LogP contribution in [0.5, 0.6) is 0 Å². The molecule has 338 valence electrons. The normalized spacial score (nSPS) is 18.2. The van der Waals surface area contributed by atoms with E-state index in [0.29, 0.717) is 29.5 Å². The first-order chi connectivity index (χ1) is 31.4. The van der Waals surface area contributed by atoms with Crippen molar-refractivity contribution in [2.45, 2.75) is 70.0 Å². The quantitative estimate of drug-likeness (QED) is 0.0886. The average Bonchev–Trinajstić information content (AvgIpc) is 4.17. The Labute approximate surface area is 373 Å². The van der Waals surface area contributed by atoms with Crippen molar-refractivity contribution in [2.75, 3.05) is 27.3 Å². The number of rotatable bonds is 13. The van der Waals surface area contributed by atoms with Crippen molar-refractivity contribution in [2.24, 2.45) is 5.92 Å². The molecule has 15 nitrogen and oxygen atoms in total. The van der Waals surface area contributed by atoms with Crippen LogP contribution < -0.4 is 10.6 Å². The number of halogens is 2. The molecule has 2 aliphatic heterocycles. The third kappa shape index (κ3) is 9.69. The lowest BCUT2D eigenvalue weighted by molar-refractivity contribution is -0.160. The lowest BCUT2D eigenvalue weighted by atomic mass is 9.98. The molecule has 4 heterocycles. The van der Waals surface area contributed by atoms with Gasteiger partial charge in [-0.2, -0.15) is 8.78 Å². The van der Waals surface area contributed by atoms with Gasteiger partial charge in [0, 0.05) is 25.1 Å². The first-order valence-electron chi connectivity index (χ1n) is 21.4. The molecule has 17 heteroatoms. The minimum Gasteiger partial charge on any atom is -0.453 e. The van der Waals surface area contributed by atoms with E-state index in [4.69, 9.17) is 19.2 Å². The molecule has 0 radical (unpaired) electrons. The SMILES string of the molecule is COC(=O)NC(C(=O)N1CCC[C@H]1c1ncc(-c2ccc3cc(-c4ccc(-c5cnc([C@@H]6C[C@H](OC(F)F)CN6C(=O)[C@@H](NC(=O)OC)C(C)C)[nH]5)cc4)ccc3c2)[nH]1)c1ccccc1. The predicted octanol–water partition coefficient (Wildman–Crippen LogP) is 8.31. The van der Waals surface area contributed by atoms with Gasteiger partial charge in [-0.05, 0) is 63.9 Å². The van der Waals surface area contributed by atoms with Crippen LogP contribution in [-0.2, 0) is 23.8 Å². The highest BCUT2D eigenvalue weighted by molar-refractivity contribution is 5.91. The van der Waals surface area contributed by atoms with Crippen molar-refractivity contribution in [1.29, 1.82) is 0 Å². The number of hydrogen-bond acceptors (Lipinski definition) is 9. The van der Waals surface area contributed by atoms with Gasteiger partial charge in [-0.1, -0.05) is 92.7 Å². The summed E-state index contributed by atoms with van der Waals surface area (Å²) in [7, 11) is 2.47. The molecule has 2 aliphatic rings. The molecule has 65 heavy (non-hydrogen) atoms. The molecule has 6 aromatic rings. The van der Waals surface area contributed by atoms with E-state index in [2.05, 4.69) is 55.9 Å². The monoisotopic (exact) mass is 888 g/mol. The van der Waals surface area contributed by atoms with Crippen LogP contribution in [0.2, 0.25) is 0 Å². The Morgan fingerprint density at radius 2 is 1.29 bits per heavy atom. The van der Waals surface area contributed by atoms with Gasteiger partial charge in [0.1, 0.15) is 23.7 Å². The number of ether oxygens (including phenoxy) is 3. The zero-order valence-corrected chi connectivity index (χ0v) is 36.3. The van der Waals surface area contributed by atoms with E-state index in [1.165, 1.54) is 19.1 Å². The lowest BCUT2D eigenvalue weighted by Gasteiger charge is -2.29. The number of amides is 4. The molecular formula is C48H50F2N8O7. The van der Waals surface area contributed by atoms with Gasteiger partial charge in [0.2, 0.25) is 5.91 Å². The number of alkyl halides is 2. The number of nitrogens with zero attached hydrogens (tertiary/aromatic N) is 4. The Balaban J connectivity index is 0.958. The van der Waals surface area contributed by atoms with Crippen LogP contribution in [0.1, 0.15) is 68.4 Å². The van der Waals surface area contributed by atoms with Crippen molar-refractivity contribution in [3.63, 3.8) is 0 Å². The van der Waals surface area contributed by atoms with Crippen LogP contribution in [0.25, 0.3) is 44.4 Å². The maximum atomic E-state index is 14.0. The molecule has 2 saturated heterocycles. The highest BCUT2D eigenvalue weighted by Crippen LogP contribution is 2.37. The van der Waals surface area contributed by atoms with Gasteiger partial charge in [-0.3, -0.25) is 9.59 Å². The summed E-state index contributed by atoms with van der Waals surface area (Å²) in [5.41, 5.74) is 5.93. The second-order valence-corrected chi connectivity index (χ2v) is 16.5. The van der Waals surface area contributed by atoms with Crippen molar-refractivity contribution in [3.8, 4) is 33.6 Å². The predicted molar refractivity (Wildman–Crippen MR) is 237 cm³/mol. The van der Waals surface area contributed by atoms with E-state index in [1.54, 1.807) is 43.3 Å². The smallest absolute Gasteiger partial charge is 0.407 e. The van der Waals surface area contributed by atoms with Crippen LogP contribution in [0.3, 0.4) is 0 Å². The van der Waals surface area contributed by atoms with Gasteiger partial charge in [-0.15, -0.1) is 0 Å². The minimum atomic E-state index is -3.01. The molecule has 4 amide bonds. The van der Waals surface area contributed by atoms with Crippen LogP contribution in [-0.4, -0.2) is 99.8 Å². The summed E-state index contributed by atoms with van der Waals surface area (Å²) in [6, 6.07) is 26.6. The van der Waals surface area contributed by atoms with Gasteiger partial charge in [0.15, 0.2) is 0 Å². The summed E-state index contributed by atoms with van der Waals surface area (Å²) in [6.07, 6.45) is 2.65. The van der Waals surface area contributed by atoms with E-state index in [1.807, 2.05) is 48.5 Å². The van der Waals surface area contributed by atoms with E-state index >= 15 is 0 Å². The van der Waals surface area contributed by atoms with Crippen LogP contribution >= 0.6 is 0 Å². The van der Waals surface area contributed by atoms with Gasteiger partial charge in [0.25, 0.3) is 5.91 Å². The third-order valence-corrected chi connectivity index (χ3v) is 12.1. The maximum Gasteiger partial charge on any atom is 0.407 e.